The molecule has 0 radical (unpaired) electrons. The first-order valence-electron chi connectivity index (χ1n) is 8.49. The Labute approximate surface area is 148 Å². The maximum atomic E-state index is 13.4. The van der Waals surface area contributed by atoms with Crippen LogP contribution in [0.3, 0.4) is 0 Å². The second-order valence-electron chi connectivity index (χ2n) is 6.54. The SMILES string of the molecule is C=CC(=CC=O)C1C(c2ccc(F)cc2)c2ccccc2N1C(C)C. The maximum Gasteiger partial charge on any atom is 0.143 e. The summed E-state index contributed by atoms with van der Waals surface area (Å²) in [5.74, 6) is -0.233. The number of para-hydroxylation sites is 1. The van der Waals surface area contributed by atoms with E-state index < -0.39 is 0 Å². The summed E-state index contributed by atoms with van der Waals surface area (Å²) in [6.45, 7) is 8.18. The van der Waals surface area contributed by atoms with Gasteiger partial charge in [-0.1, -0.05) is 43.0 Å². The van der Waals surface area contributed by atoms with Gasteiger partial charge in [0, 0.05) is 17.6 Å². The minimum absolute atomic E-state index is 0.0170. The second-order valence-corrected chi connectivity index (χ2v) is 6.54. The fraction of sp³-hybridized carbons (Fsp3) is 0.227. The molecule has 2 unspecified atom stereocenters. The Kier molecular flexibility index (Phi) is 4.84. The molecule has 2 atom stereocenters. The summed E-state index contributed by atoms with van der Waals surface area (Å²) < 4.78 is 13.4. The Morgan fingerprint density at radius 3 is 2.44 bits per heavy atom. The highest BCUT2D eigenvalue weighted by Crippen LogP contribution is 2.48. The van der Waals surface area contributed by atoms with Gasteiger partial charge in [-0.05, 0) is 54.8 Å². The molecule has 0 aromatic heterocycles. The molecule has 3 rings (SSSR count). The summed E-state index contributed by atoms with van der Waals surface area (Å²) in [5, 5.41) is 0. The summed E-state index contributed by atoms with van der Waals surface area (Å²) in [4.78, 5) is 13.5. The maximum absolute atomic E-state index is 13.4. The van der Waals surface area contributed by atoms with Crippen LogP contribution in [0.1, 0.15) is 30.9 Å². The molecule has 128 valence electrons. The van der Waals surface area contributed by atoms with Gasteiger partial charge < -0.3 is 4.90 Å². The number of rotatable bonds is 5. The lowest BCUT2D eigenvalue weighted by molar-refractivity contribution is -0.104. The zero-order valence-corrected chi connectivity index (χ0v) is 14.5. The Bertz CT molecular complexity index is 807. The third-order valence-corrected chi connectivity index (χ3v) is 4.79. The number of nitrogens with zero attached hydrogens (tertiary/aromatic N) is 1. The standard InChI is InChI=1S/C22H22FNO/c1-4-16(13-14-25)22-21(17-9-11-18(23)12-10-17)19-7-5-6-8-20(19)24(22)15(2)3/h4-15,21-22H,1H2,2-3H3. The smallest absolute Gasteiger partial charge is 0.143 e. The summed E-state index contributed by atoms with van der Waals surface area (Å²) in [5.41, 5.74) is 4.23. The zero-order chi connectivity index (χ0) is 18.0. The first-order valence-corrected chi connectivity index (χ1v) is 8.49. The van der Waals surface area contributed by atoms with Gasteiger partial charge in [0.25, 0.3) is 0 Å². The molecule has 2 aromatic carbocycles. The van der Waals surface area contributed by atoms with Gasteiger partial charge in [-0.3, -0.25) is 4.79 Å². The van der Waals surface area contributed by atoms with E-state index in [-0.39, 0.29) is 23.8 Å². The molecule has 0 saturated heterocycles. The molecular weight excluding hydrogens is 313 g/mol. The monoisotopic (exact) mass is 335 g/mol. The summed E-state index contributed by atoms with van der Waals surface area (Å²) in [7, 11) is 0. The minimum atomic E-state index is -0.250. The molecule has 1 aliphatic heterocycles. The Morgan fingerprint density at radius 1 is 1.16 bits per heavy atom. The molecule has 3 heteroatoms. The molecule has 0 spiro atoms. The van der Waals surface area contributed by atoms with E-state index in [2.05, 4.69) is 37.5 Å². The zero-order valence-electron chi connectivity index (χ0n) is 14.5. The first kappa shape index (κ1) is 17.2. The average molecular weight is 335 g/mol. The van der Waals surface area contributed by atoms with Gasteiger partial charge >= 0.3 is 0 Å². The Morgan fingerprint density at radius 2 is 1.84 bits per heavy atom. The number of carbonyl (C=O) groups excluding carboxylic acids is 1. The van der Waals surface area contributed by atoms with Crippen molar-refractivity contribution in [2.75, 3.05) is 4.90 Å². The summed E-state index contributed by atoms with van der Waals surface area (Å²) >= 11 is 0. The van der Waals surface area contributed by atoms with Crippen molar-refractivity contribution in [1.82, 2.24) is 0 Å². The average Bonchev–Trinajstić information content (AvgIpc) is 2.95. The molecular formula is C22H22FNO. The van der Waals surface area contributed by atoms with Gasteiger partial charge in [-0.15, -0.1) is 0 Å². The molecule has 0 N–H and O–H groups in total. The molecule has 25 heavy (non-hydrogen) atoms. The predicted octanol–water partition coefficient (Wildman–Crippen LogP) is 4.87. The molecule has 1 heterocycles. The number of carbonyl (C=O) groups is 1. The van der Waals surface area contributed by atoms with Crippen molar-refractivity contribution in [2.24, 2.45) is 0 Å². The normalized spacial score (nSPS) is 19.8. The Hall–Kier alpha value is -2.68. The molecule has 0 saturated carbocycles. The lowest BCUT2D eigenvalue weighted by Gasteiger charge is -2.35. The summed E-state index contributed by atoms with van der Waals surface area (Å²) in [6, 6.07) is 15.1. The largest absolute Gasteiger partial charge is 0.361 e. The lowest BCUT2D eigenvalue weighted by Crippen LogP contribution is -2.40. The third kappa shape index (κ3) is 3.02. The van der Waals surface area contributed by atoms with Crippen LogP contribution in [-0.4, -0.2) is 18.4 Å². The van der Waals surface area contributed by atoms with Gasteiger partial charge in [0.1, 0.15) is 12.1 Å². The van der Waals surface area contributed by atoms with E-state index in [0.29, 0.717) is 0 Å². The highest BCUT2D eigenvalue weighted by molar-refractivity contribution is 5.73. The van der Waals surface area contributed by atoms with Gasteiger partial charge in [0.15, 0.2) is 0 Å². The number of anilines is 1. The van der Waals surface area contributed by atoms with E-state index in [9.17, 15) is 9.18 Å². The quantitative estimate of drug-likeness (QED) is 0.441. The van der Waals surface area contributed by atoms with Crippen molar-refractivity contribution in [2.45, 2.75) is 31.8 Å². The van der Waals surface area contributed by atoms with E-state index in [0.717, 1.165) is 23.1 Å². The first-order chi connectivity index (χ1) is 12.1. The number of benzene rings is 2. The molecule has 0 bridgehead atoms. The molecule has 0 amide bonds. The van der Waals surface area contributed by atoms with Crippen LogP contribution in [-0.2, 0) is 4.79 Å². The number of hydrogen-bond donors (Lipinski definition) is 0. The number of allylic oxidation sites excluding steroid dienone is 1. The van der Waals surface area contributed by atoms with E-state index in [1.54, 1.807) is 12.2 Å². The number of halogens is 1. The van der Waals surface area contributed by atoms with Gasteiger partial charge in [0.2, 0.25) is 0 Å². The van der Waals surface area contributed by atoms with Crippen molar-refractivity contribution in [3.63, 3.8) is 0 Å². The number of aldehydes is 1. The highest BCUT2D eigenvalue weighted by atomic mass is 19.1. The number of fused-ring (bicyclic) bond motifs is 1. The van der Waals surface area contributed by atoms with Crippen molar-refractivity contribution in [1.29, 1.82) is 0 Å². The molecule has 0 fully saturated rings. The third-order valence-electron chi connectivity index (χ3n) is 4.79. The van der Waals surface area contributed by atoms with Crippen molar-refractivity contribution in [3.8, 4) is 0 Å². The van der Waals surface area contributed by atoms with Crippen LogP contribution in [0, 0.1) is 5.82 Å². The minimum Gasteiger partial charge on any atom is -0.361 e. The van der Waals surface area contributed by atoms with Crippen LogP contribution in [0.4, 0.5) is 10.1 Å². The predicted molar refractivity (Wildman–Crippen MR) is 100 cm³/mol. The summed E-state index contributed by atoms with van der Waals surface area (Å²) in [6.07, 6.45) is 4.13. The van der Waals surface area contributed by atoms with E-state index in [1.165, 1.54) is 17.7 Å². The van der Waals surface area contributed by atoms with Crippen LogP contribution in [0.25, 0.3) is 0 Å². The second kappa shape index (κ2) is 7.06. The lowest BCUT2D eigenvalue weighted by atomic mass is 9.84. The van der Waals surface area contributed by atoms with Crippen LogP contribution in [0.5, 0.6) is 0 Å². The van der Waals surface area contributed by atoms with Crippen molar-refractivity contribution < 1.29 is 9.18 Å². The van der Waals surface area contributed by atoms with Crippen LogP contribution >= 0.6 is 0 Å². The fourth-order valence-electron chi connectivity index (χ4n) is 3.82. The van der Waals surface area contributed by atoms with Crippen LogP contribution in [0.15, 0.2) is 72.8 Å². The van der Waals surface area contributed by atoms with E-state index in [4.69, 9.17) is 0 Å². The van der Waals surface area contributed by atoms with Gasteiger partial charge in [0.05, 0.1) is 6.04 Å². The molecule has 1 aliphatic rings. The van der Waals surface area contributed by atoms with Gasteiger partial charge in [-0.25, -0.2) is 4.39 Å². The highest BCUT2D eigenvalue weighted by Gasteiger charge is 2.41. The van der Waals surface area contributed by atoms with E-state index >= 15 is 0 Å². The van der Waals surface area contributed by atoms with Crippen LogP contribution in [0.2, 0.25) is 0 Å². The van der Waals surface area contributed by atoms with Crippen LogP contribution < -0.4 is 4.90 Å². The van der Waals surface area contributed by atoms with Crippen molar-refractivity contribution in [3.05, 3.63) is 89.8 Å². The fourth-order valence-corrected chi connectivity index (χ4v) is 3.82. The van der Waals surface area contributed by atoms with E-state index in [1.807, 2.05) is 24.3 Å². The van der Waals surface area contributed by atoms with Gasteiger partial charge in [-0.2, -0.15) is 0 Å². The van der Waals surface area contributed by atoms with Crippen molar-refractivity contribution >= 4 is 12.0 Å². The molecule has 2 aromatic rings. The Balaban J connectivity index is 2.23. The number of hydrogen-bond acceptors (Lipinski definition) is 2. The molecule has 2 nitrogen and oxygen atoms in total. The molecule has 0 aliphatic carbocycles. The topological polar surface area (TPSA) is 20.3 Å².